The average Bonchev–Trinajstić information content (AvgIpc) is 3.00. The van der Waals surface area contributed by atoms with E-state index in [1.54, 1.807) is 12.1 Å². The van der Waals surface area contributed by atoms with Crippen LogP contribution in [-0.4, -0.2) is 22.4 Å². The van der Waals surface area contributed by atoms with E-state index in [4.69, 9.17) is 0 Å². The zero-order valence-electron chi connectivity index (χ0n) is 12.1. The summed E-state index contributed by atoms with van der Waals surface area (Å²) < 4.78 is 18.9. The number of hydrogen-bond donors (Lipinski definition) is 1. The Kier molecular flexibility index (Phi) is 3.60. The van der Waals surface area contributed by atoms with E-state index in [1.807, 2.05) is 6.20 Å². The van der Waals surface area contributed by atoms with Crippen molar-refractivity contribution in [3.63, 3.8) is 0 Å². The molecule has 3 heterocycles. The first kappa shape index (κ1) is 13.8. The summed E-state index contributed by atoms with van der Waals surface area (Å²) >= 11 is 1.51. The number of pyridine rings is 1. The highest BCUT2D eigenvalue weighted by atomic mass is 32.1. The van der Waals surface area contributed by atoms with Gasteiger partial charge in [-0.2, -0.15) is 4.37 Å². The van der Waals surface area contributed by atoms with Gasteiger partial charge in [-0.25, -0.2) is 4.39 Å². The highest BCUT2D eigenvalue weighted by Gasteiger charge is 2.20. The smallest absolute Gasteiger partial charge is 0.123 e. The van der Waals surface area contributed by atoms with Gasteiger partial charge in [0.2, 0.25) is 0 Å². The Morgan fingerprint density at radius 1 is 1.09 bits per heavy atom. The minimum absolute atomic E-state index is 0.230. The quantitative estimate of drug-likeness (QED) is 0.778. The summed E-state index contributed by atoms with van der Waals surface area (Å²) in [5.41, 5.74) is 4.07. The lowest BCUT2D eigenvalue weighted by atomic mass is 9.90. The van der Waals surface area contributed by atoms with E-state index < -0.39 is 0 Å². The number of hydrogen-bond acceptors (Lipinski definition) is 4. The molecule has 5 heteroatoms. The number of piperidine rings is 1. The van der Waals surface area contributed by atoms with Crippen LogP contribution in [0.1, 0.15) is 24.3 Å². The second-order valence-electron chi connectivity index (χ2n) is 5.64. The fourth-order valence-electron chi connectivity index (χ4n) is 3.11. The van der Waals surface area contributed by atoms with Crippen molar-refractivity contribution in [1.29, 1.82) is 0 Å². The largest absolute Gasteiger partial charge is 0.317 e. The fourth-order valence-corrected chi connectivity index (χ4v) is 4.06. The van der Waals surface area contributed by atoms with Gasteiger partial charge in [-0.15, -0.1) is 0 Å². The van der Waals surface area contributed by atoms with Crippen LogP contribution < -0.4 is 5.32 Å². The van der Waals surface area contributed by atoms with E-state index in [0.717, 1.165) is 42.7 Å². The third-order valence-corrected chi connectivity index (χ3v) is 5.17. The predicted molar refractivity (Wildman–Crippen MR) is 87.7 cm³/mol. The maximum Gasteiger partial charge on any atom is 0.123 e. The zero-order valence-corrected chi connectivity index (χ0v) is 12.9. The van der Waals surface area contributed by atoms with Crippen molar-refractivity contribution in [3.05, 3.63) is 47.9 Å². The zero-order chi connectivity index (χ0) is 14.9. The van der Waals surface area contributed by atoms with Crippen molar-refractivity contribution in [2.24, 2.45) is 0 Å². The van der Waals surface area contributed by atoms with Crippen molar-refractivity contribution in [3.8, 4) is 11.3 Å². The molecule has 1 aliphatic heterocycles. The predicted octanol–water partition coefficient (Wildman–Crippen LogP) is 3.96. The Bertz CT molecular complexity index is 791. The third-order valence-electron chi connectivity index (χ3n) is 4.28. The molecule has 0 radical (unpaired) electrons. The summed E-state index contributed by atoms with van der Waals surface area (Å²) in [5, 5.41) is 3.41. The van der Waals surface area contributed by atoms with Crippen LogP contribution in [0.2, 0.25) is 0 Å². The van der Waals surface area contributed by atoms with Crippen molar-refractivity contribution in [2.75, 3.05) is 13.1 Å². The summed E-state index contributed by atoms with van der Waals surface area (Å²) in [7, 11) is 0. The molecule has 3 aromatic rings. The van der Waals surface area contributed by atoms with Gasteiger partial charge in [0.25, 0.3) is 0 Å². The first-order valence-corrected chi connectivity index (χ1v) is 8.31. The number of halogens is 1. The Labute approximate surface area is 132 Å². The molecule has 0 saturated carbocycles. The Morgan fingerprint density at radius 3 is 2.64 bits per heavy atom. The summed E-state index contributed by atoms with van der Waals surface area (Å²) in [4.78, 5) is 4.53. The number of nitrogens with one attached hydrogen (secondary N) is 1. The second kappa shape index (κ2) is 5.74. The molecule has 0 atom stereocenters. The number of benzene rings is 1. The Hall–Kier alpha value is -1.85. The number of nitrogens with zero attached hydrogens (tertiary/aromatic N) is 2. The molecule has 0 bridgehead atoms. The molecule has 1 aromatic carbocycles. The van der Waals surface area contributed by atoms with Crippen molar-refractivity contribution < 1.29 is 4.39 Å². The minimum atomic E-state index is -0.230. The molecule has 1 fully saturated rings. The van der Waals surface area contributed by atoms with E-state index in [-0.39, 0.29) is 5.82 Å². The second-order valence-corrected chi connectivity index (χ2v) is 6.41. The molecule has 2 aromatic heterocycles. The van der Waals surface area contributed by atoms with Gasteiger partial charge in [-0.1, -0.05) is 0 Å². The molecular formula is C17H16FN3S. The molecule has 0 unspecified atom stereocenters. The van der Waals surface area contributed by atoms with Crippen molar-refractivity contribution in [2.45, 2.75) is 18.8 Å². The monoisotopic (exact) mass is 313 g/mol. The maximum absolute atomic E-state index is 13.1. The molecule has 0 amide bonds. The van der Waals surface area contributed by atoms with Gasteiger partial charge in [0, 0.05) is 11.8 Å². The Balaban J connectivity index is 1.80. The van der Waals surface area contributed by atoms with E-state index in [2.05, 4.69) is 20.7 Å². The molecule has 0 aliphatic carbocycles. The van der Waals surface area contributed by atoms with Gasteiger partial charge >= 0.3 is 0 Å². The van der Waals surface area contributed by atoms with E-state index in [9.17, 15) is 4.39 Å². The van der Waals surface area contributed by atoms with E-state index in [0.29, 0.717) is 5.92 Å². The maximum atomic E-state index is 13.1. The summed E-state index contributed by atoms with van der Waals surface area (Å²) in [6, 6.07) is 8.60. The lowest BCUT2D eigenvalue weighted by molar-refractivity contribution is 0.462. The van der Waals surface area contributed by atoms with E-state index >= 15 is 0 Å². The third kappa shape index (κ3) is 2.40. The molecule has 3 nitrogen and oxygen atoms in total. The number of fused-ring (bicyclic) bond motifs is 1. The first-order chi connectivity index (χ1) is 10.8. The highest BCUT2D eigenvalue weighted by molar-refractivity contribution is 7.13. The fraction of sp³-hybridized carbons (Fsp3) is 0.294. The molecule has 112 valence electrons. The lowest BCUT2D eigenvalue weighted by Gasteiger charge is -2.23. The van der Waals surface area contributed by atoms with Gasteiger partial charge in [-0.3, -0.25) is 4.98 Å². The number of rotatable bonds is 2. The van der Waals surface area contributed by atoms with Gasteiger partial charge < -0.3 is 5.32 Å². The van der Waals surface area contributed by atoms with Gasteiger partial charge in [0.05, 0.1) is 4.70 Å². The molecule has 1 N–H and O–H groups in total. The molecule has 22 heavy (non-hydrogen) atoms. The first-order valence-electron chi connectivity index (χ1n) is 7.54. The van der Waals surface area contributed by atoms with Crippen LogP contribution >= 0.6 is 11.5 Å². The van der Waals surface area contributed by atoms with Gasteiger partial charge in [0.1, 0.15) is 17.0 Å². The van der Waals surface area contributed by atoms with Crippen LogP contribution in [0.3, 0.4) is 0 Å². The van der Waals surface area contributed by atoms with Gasteiger partial charge in [-0.05, 0) is 79.3 Å². The van der Waals surface area contributed by atoms with Crippen LogP contribution in [0.15, 0.2) is 36.5 Å². The summed E-state index contributed by atoms with van der Waals surface area (Å²) in [6.07, 6.45) is 4.19. The normalized spacial score (nSPS) is 16.2. The molecule has 1 aliphatic rings. The minimum Gasteiger partial charge on any atom is -0.317 e. The molecular weight excluding hydrogens is 297 g/mol. The van der Waals surface area contributed by atoms with Gasteiger partial charge in [0.15, 0.2) is 0 Å². The molecule has 0 spiro atoms. The van der Waals surface area contributed by atoms with Crippen LogP contribution in [0.5, 0.6) is 0 Å². The van der Waals surface area contributed by atoms with Crippen LogP contribution in [0.25, 0.3) is 21.5 Å². The van der Waals surface area contributed by atoms with Crippen LogP contribution in [-0.2, 0) is 0 Å². The van der Waals surface area contributed by atoms with E-state index in [1.165, 1.54) is 33.9 Å². The van der Waals surface area contributed by atoms with Crippen LogP contribution in [0.4, 0.5) is 4.39 Å². The molecule has 1 saturated heterocycles. The Morgan fingerprint density at radius 2 is 1.86 bits per heavy atom. The molecule has 4 rings (SSSR count). The van der Waals surface area contributed by atoms with Crippen molar-refractivity contribution >= 4 is 21.7 Å². The van der Waals surface area contributed by atoms with Crippen molar-refractivity contribution in [1.82, 2.24) is 14.7 Å². The highest BCUT2D eigenvalue weighted by Crippen LogP contribution is 2.36. The summed E-state index contributed by atoms with van der Waals surface area (Å²) in [6.45, 7) is 2.14. The summed E-state index contributed by atoms with van der Waals surface area (Å²) in [5.74, 6) is 0.347. The van der Waals surface area contributed by atoms with Crippen LogP contribution in [0, 0.1) is 5.82 Å². The lowest BCUT2D eigenvalue weighted by Crippen LogP contribution is -2.26. The number of aromatic nitrogens is 2. The standard InChI is InChI=1S/C17H16FN3S/c18-13-3-1-12(2-4-13)15-16-17(22-21-15)14(7-10-20-16)11-5-8-19-9-6-11/h1-4,7,10-11,19H,5-6,8-9H2. The SMILES string of the molecule is Fc1ccc(-c2nsc3c(C4CCNCC4)ccnc23)cc1. The average molecular weight is 313 g/mol. The topological polar surface area (TPSA) is 37.8 Å².